The summed E-state index contributed by atoms with van der Waals surface area (Å²) < 4.78 is 10.3. The Morgan fingerprint density at radius 2 is 2.08 bits per heavy atom. The molecule has 26 heavy (non-hydrogen) atoms. The fourth-order valence-electron chi connectivity index (χ4n) is 2.82. The summed E-state index contributed by atoms with van der Waals surface area (Å²) in [5, 5.41) is 14.5. The van der Waals surface area contributed by atoms with Crippen molar-refractivity contribution in [3.05, 3.63) is 59.2 Å². The van der Waals surface area contributed by atoms with Crippen LogP contribution in [0.25, 0.3) is 0 Å². The summed E-state index contributed by atoms with van der Waals surface area (Å²) >= 11 is 0. The number of rotatable bonds is 3. The molecule has 0 aliphatic carbocycles. The molecule has 0 unspecified atom stereocenters. The summed E-state index contributed by atoms with van der Waals surface area (Å²) in [6, 6.07) is 13.6. The van der Waals surface area contributed by atoms with Crippen LogP contribution in [0.2, 0.25) is 0 Å². The van der Waals surface area contributed by atoms with Gasteiger partial charge >= 0.3 is 6.09 Å². The van der Waals surface area contributed by atoms with Crippen LogP contribution >= 0.6 is 0 Å². The second-order valence-corrected chi connectivity index (χ2v) is 5.70. The molecule has 7 heteroatoms. The van der Waals surface area contributed by atoms with Gasteiger partial charge in [0.1, 0.15) is 5.75 Å². The molecule has 3 rings (SSSR count). The molecule has 0 saturated heterocycles. The minimum Gasteiger partial charge on any atom is -0.492 e. The molecule has 1 aliphatic rings. The molecule has 7 nitrogen and oxygen atoms in total. The third-order valence-electron chi connectivity index (χ3n) is 4.05. The third-order valence-corrected chi connectivity index (χ3v) is 4.05. The molecule has 1 heterocycles. The zero-order chi connectivity index (χ0) is 18.5. The Labute approximate surface area is 150 Å². The first-order chi connectivity index (χ1) is 12.6. The second kappa shape index (κ2) is 7.57. The number of alkyl carbamates (subject to hydrolysis) is 1. The number of benzene rings is 2. The molecule has 1 atom stereocenters. The lowest BCUT2D eigenvalue weighted by Gasteiger charge is -2.27. The van der Waals surface area contributed by atoms with Gasteiger partial charge in [0.2, 0.25) is 0 Å². The van der Waals surface area contributed by atoms with Crippen LogP contribution in [-0.2, 0) is 4.74 Å². The van der Waals surface area contributed by atoms with Gasteiger partial charge in [-0.05, 0) is 24.3 Å². The van der Waals surface area contributed by atoms with E-state index in [1.807, 2.05) is 12.1 Å². The second-order valence-electron chi connectivity index (χ2n) is 5.70. The zero-order valence-electron chi connectivity index (χ0n) is 14.1. The SMILES string of the molecule is COC(=O)N[C@H]1CCOc2c(C(=O)Nc3cccc(C#N)c3)cccc21. The number of nitrogens with zero attached hydrogens (tertiary/aromatic N) is 1. The average Bonchev–Trinajstić information content (AvgIpc) is 2.67. The van der Waals surface area contributed by atoms with Gasteiger partial charge < -0.3 is 20.1 Å². The molecule has 132 valence electrons. The summed E-state index contributed by atoms with van der Waals surface area (Å²) in [6.07, 6.45) is 0.0447. The molecule has 0 saturated carbocycles. The molecule has 2 aromatic carbocycles. The summed E-state index contributed by atoms with van der Waals surface area (Å²) in [6.45, 7) is 0.371. The largest absolute Gasteiger partial charge is 0.492 e. The predicted molar refractivity (Wildman–Crippen MR) is 93.9 cm³/mol. The van der Waals surface area contributed by atoms with Gasteiger partial charge in [-0.3, -0.25) is 4.79 Å². The van der Waals surface area contributed by atoms with Crippen molar-refractivity contribution >= 4 is 17.7 Å². The highest BCUT2D eigenvalue weighted by atomic mass is 16.5. The van der Waals surface area contributed by atoms with E-state index in [1.165, 1.54) is 7.11 Å². The van der Waals surface area contributed by atoms with Gasteiger partial charge in [-0.25, -0.2) is 4.79 Å². The first-order valence-electron chi connectivity index (χ1n) is 8.04. The number of anilines is 1. The van der Waals surface area contributed by atoms with E-state index in [-0.39, 0.29) is 11.9 Å². The highest BCUT2D eigenvalue weighted by Gasteiger charge is 2.27. The number of hydrogen-bond acceptors (Lipinski definition) is 5. The van der Waals surface area contributed by atoms with Crippen molar-refractivity contribution in [3.63, 3.8) is 0 Å². The van der Waals surface area contributed by atoms with Crippen molar-refractivity contribution in [2.75, 3.05) is 19.0 Å². The highest BCUT2D eigenvalue weighted by molar-refractivity contribution is 6.06. The molecular formula is C19H17N3O4. The minimum absolute atomic E-state index is 0.291. The molecule has 2 N–H and O–H groups in total. The lowest BCUT2D eigenvalue weighted by atomic mass is 9.97. The van der Waals surface area contributed by atoms with E-state index in [0.717, 1.165) is 5.56 Å². The number of carbonyl (C=O) groups excluding carboxylic acids is 2. The quantitative estimate of drug-likeness (QED) is 0.885. The molecule has 0 aromatic heterocycles. The number of methoxy groups -OCH3 is 1. The molecule has 0 radical (unpaired) electrons. The van der Waals surface area contributed by atoms with Gasteiger partial charge in [0.15, 0.2) is 0 Å². The van der Waals surface area contributed by atoms with Crippen molar-refractivity contribution in [2.45, 2.75) is 12.5 Å². The van der Waals surface area contributed by atoms with E-state index in [0.29, 0.717) is 35.6 Å². The number of carbonyl (C=O) groups is 2. The third kappa shape index (κ3) is 3.59. The van der Waals surface area contributed by atoms with Crippen LogP contribution in [0.4, 0.5) is 10.5 Å². The number of ether oxygens (including phenoxy) is 2. The lowest BCUT2D eigenvalue weighted by molar-refractivity contribution is 0.102. The van der Waals surface area contributed by atoms with Crippen LogP contribution in [0.3, 0.4) is 0 Å². The number of fused-ring (bicyclic) bond motifs is 1. The number of nitrogens with one attached hydrogen (secondary N) is 2. The smallest absolute Gasteiger partial charge is 0.407 e. The maximum absolute atomic E-state index is 12.7. The van der Waals surface area contributed by atoms with Crippen molar-refractivity contribution in [2.24, 2.45) is 0 Å². The van der Waals surface area contributed by atoms with E-state index >= 15 is 0 Å². The van der Waals surface area contributed by atoms with E-state index in [2.05, 4.69) is 15.4 Å². The van der Waals surface area contributed by atoms with E-state index in [1.54, 1.807) is 36.4 Å². The van der Waals surface area contributed by atoms with Gasteiger partial charge in [0.05, 0.1) is 37.0 Å². The van der Waals surface area contributed by atoms with E-state index in [9.17, 15) is 9.59 Å². The fraction of sp³-hybridized carbons (Fsp3) is 0.211. The van der Waals surface area contributed by atoms with Crippen LogP contribution in [0.15, 0.2) is 42.5 Å². The number of hydrogen-bond donors (Lipinski definition) is 2. The Kier molecular flexibility index (Phi) is 5.04. The lowest BCUT2D eigenvalue weighted by Crippen LogP contribution is -2.32. The summed E-state index contributed by atoms with van der Waals surface area (Å²) in [7, 11) is 1.30. The summed E-state index contributed by atoms with van der Waals surface area (Å²) in [4.78, 5) is 24.2. The Balaban J connectivity index is 1.87. The van der Waals surface area contributed by atoms with Gasteiger partial charge in [-0.2, -0.15) is 5.26 Å². The molecule has 0 spiro atoms. The van der Waals surface area contributed by atoms with Crippen molar-refractivity contribution in [1.29, 1.82) is 5.26 Å². The van der Waals surface area contributed by atoms with Crippen LogP contribution in [-0.4, -0.2) is 25.7 Å². The minimum atomic E-state index is -0.536. The van der Waals surface area contributed by atoms with Gasteiger partial charge in [0.25, 0.3) is 5.91 Å². The fourth-order valence-corrected chi connectivity index (χ4v) is 2.82. The van der Waals surface area contributed by atoms with Crippen molar-refractivity contribution < 1.29 is 19.1 Å². The summed E-state index contributed by atoms with van der Waals surface area (Å²) in [5.41, 5.74) is 2.06. The Morgan fingerprint density at radius 1 is 1.27 bits per heavy atom. The molecular weight excluding hydrogens is 334 g/mol. The Morgan fingerprint density at radius 3 is 2.85 bits per heavy atom. The van der Waals surface area contributed by atoms with Gasteiger partial charge in [-0.1, -0.05) is 18.2 Å². The topological polar surface area (TPSA) is 100 Å². The first kappa shape index (κ1) is 17.3. The first-order valence-corrected chi connectivity index (χ1v) is 8.04. The van der Waals surface area contributed by atoms with Gasteiger partial charge in [-0.15, -0.1) is 0 Å². The Hall–Kier alpha value is -3.53. The average molecular weight is 351 g/mol. The zero-order valence-corrected chi connectivity index (χ0v) is 14.1. The number of para-hydroxylation sites is 1. The van der Waals surface area contributed by atoms with Crippen molar-refractivity contribution in [3.8, 4) is 11.8 Å². The van der Waals surface area contributed by atoms with Crippen LogP contribution in [0, 0.1) is 11.3 Å². The van der Waals surface area contributed by atoms with E-state index < -0.39 is 6.09 Å². The molecule has 2 amide bonds. The maximum atomic E-state index is 12.7. The molecule has 2 aromatic rings. The summed E-state index contributed by atoms with van der Waals surface area (Å²) in [5.74, 6) is 0.0877. The van der Waals surface area contributed by atoms with Gasteiger partial charge in [0, 0.05) is 17.7 Å². The van der Waals surface area contributed by atoms with Crippen molar-refractivity contribution in [1.82, 2.24) is 5.32 Å². The highest BCUT2D eigenvalue weighted by Crippen LogP contribution is 2.35. The number of amides is 2. The van der Waals surface area contributed by atoms with E-state index in [4.69, 9.17) is 10.00 Å². The standard InChI is InChI=1S/C19H17N3O4/c1-25-19(24)22-16-8-9-26-17-14(16)6-3-7-15(17)18(23)21-13-5-2-4-12(10-13)11-20/h2-7,10,16H,8-9H2,1H3,(H,21,23)(H,22,24)/t16-/m0/s1. The molecule has 1 aliphatic heterocycles. The predicted octanol–water partition coefficient (Wildman–Crippen LogP) is 2.99. The molecule has 0 fully saturated rings. The number of nitriles is 1. The van der Waals surface area contributed by atoms with Crippen LogP contribution in [0.5, 0.6) is 5.75 Å². The van der Waals surface area contributed by atoms with Crippen LogP contribution in [0.1, 0.15) is 33.9 Å². The molecule has 0 bridgehead atoms. The maximum Gasteiger partial charge on any atom is 0.407 e. The van der Waals surface area contributed by atoms with Crippen LogP contribution < -0.4 is 15.4 Å². The Bertz CT molecular complexity index is 889. The monoisotopic (exact) mass is 351 g/mol. The normalized spacial score (nSPS) is 15.0.